The molecule has 6 nitrogen and oxygen atoms in total. The number of benzene rings is 1. The van der Waals surface area contributed by atoms with Crippen molar-refractivity contribution >= 4 is 22.5 Å². The summed E-state index contributed by atoms with van der Waals surface area (Å²) in [5.41, 5.74) is 8.34. The zero-order valence-electron chi connectivity index (χ0n) is 11.1. The molecule has 0 amide bonds. The zero-order chi connectivity index (χ0) is 14.3. The molecule has 0 unspecified atom stereocenters. The SMILES string of the molecule is CNc1cc(-c2nn(C)c3ncnc(N)c23)ccc1F. The second-order valence-corrected chi connectivity index (χ2v) is 4.37. The molecule has 0 fully saturated rings. The largest absolute Gasteiger partial charge is 0.386 e. The predicted octanol–water partition coefficient (Wildman–Crippen LogP) is 1.79. The van der Waals surface area contributed by atoms with Gasteiger partial charge in [0.05, 0.1) is 11.1 Å². The van der Waals surface area contributed by atoms with Crippen LogP contribution in [0, 0.1) is 5.82 Å². The third-order valence-electron chi connectivity index (χ3n) is 3.16. The van der Waals surface area contributed by atoms with Gasteiger partial charge < -0.3 is 11.1 Å². The van der Waals surface area contributed by atoms with Gasteiger partial charge in [-0.05, 0) is 18.2 Å². The van der Waals surface area contributed by atoms with E-state index in [2.05, 4.69) is 20.4 Å². The summed E-state index contributed by atoms with van der Waals surface area (Å²) >= 11 is 0. The molecular formula is C13H13FN6. The van der Waals surface area contributed by atoms with Crippen molar-refractivity contribution in [3.8, 4) is 11.3 Å². The molecule has 20 heavy (non-hydrogen) atoms. The Balaban J connectivity index is 2.30. The van der Waals surface area contributed by atoms with Gasteiger partial charge in [0.15, 0.2) is 5.65 Å². The molecule has 0 saturated carbocycles. The van der Waals surface area contributed by atoms with Crippen LogP contribution in [0.2, 0.25) is 0 Å². The van der Waals surface area contributed by atoms with Crippen molar-refractivity contribution in [1.82, 2.24) is 19.7 Å². The van der Waals surface area contributed by atoms with Crippen LogP contribution in [-0.2, 0) is 7.05 Å². The van der Waals surface area contributed by atoms with Crippen molar-refractivity contribution < 1.29 is 4.39 Å². The maximum absolute atomic E-state index is 13.5. The Morgan fingerprint density at radius 3 is 2.85 bits per heavy atom. The van der Waals surface area contributed by atoms with E-state index in [4.69, 9.17) is 5.73 Å². The minimum Gasteiger partial charge on any atom is -0.386 e. The second kappa shape index (κ2) is 4.44. The summed E-state index contributed by atoms with van der Waals surface area (Å²) in [4.78, 5) is 8.16. The van der Waals surface area contributed by atoms with Crippen LogP contribution in [0.4, 0.5) is 15.9 Å². The lowest BCUT2D eigenvalue weighted by molar-refractivity contribution is 0.631. The van der Waals surface area contributed by atoms with Crippen LogP contribution in [0.5, 0.6) is 0 Å². The number of fused-ring (bicyclic) bond motifs is 1. The van der Waals surface area contributed by atoms with E-state index < -0.39 is 0 Å². The normalized spacial score (nSPS) is 10.9. The van der Waals surface area contributed by atoms with Gasteiger partial charge >= 0.3 is 0 Å². The third-order valence-corrected chi connectivity index (χ3v) is 3.16. The Kier molecular flexibility index (Phi) is 2.74. The van der Waals surface area contributed by atoms with Crippen molar-refractivity contribution in [2.75, 3.05) is 18.1 Å². The van der Waals surface area contributed by atoms with E-state index in [1.54, 1.807) is 30.9 Å². The van der Waals surface area contributed by atoms with Crippen molar-refractivity contribution in [2.45, 2.75) is 0 Å². The van der Waals surface area contributed by atoms with Crippen molar-refractivity contribution in [2.24, 2.45) is 7.05 Å². The fraction of sp³-hybridized carbons (Fsp3) is 0.154. The molecule has 3 aromatic rings. The Bertz CT molecular complexity index is 795. The molecule has 102 valence electrons. The molecule has 0 atom stereocenters. The fourth-order valence-corrected chi connectivity index (χ4v) is 2.18. The molecule has 0 spiro atoms. The van der Waals surface area contributed by atoms with Crippen LogP contribution in [-0.4, -0.2) is 26.8 Å². The summed E-state index contributed by atoms with van der Waals surface area (Å²) in [5.74, 6) is 0.0362. The highest BCUT2D eigenvalue weighted by Gasteiger charge is 2.16. The number of aryl methyl sites for hydroxylation is 1. The number of rotatable bonds is 2. The van der Waals surface area contributed by atoms with Gasteiger partial charge in [-0.15, -0.1) is 0 Å². The molecule has 7 heteroatoms. The van der Waals surface area contributed by atoms with Gasteiger partial charge in [0, 0.05) is 19.7 Å². The maximum atomic E-state index is 13.5. The minimum atomic E-state index is -0.319. The number of nitrogen functional groups attached to an aromatic ring is 1. The third kappa shape index (κ3) is 1.75. The summed E-state index contributed by atoms with van der Waals surface area (Å²) < 4.78 is 15.2. The molecule has 2 aromatic heterocycles. The van der Waals surface area contributed by atoms with Crippen LogP contribution < -0.4 is 11.1 Å². The number of hydrogen-bond acceptors (Lipinski definition) is 5. The van der Waals surface area contributed by atoms with Gasteiger partial charge in [0.2, 0.25) is 0 Å². The molecule has 3 N–H and O–H groups in total. The molecule has 0 aliphatic heterocycles. The van der Waals surface area contributed by atoms with Crippen LogP contribution >= 0.6 is 0 Å². The summed E-state index contributed by atoms with van der Waals surface area (Å²) in [7, 11) is 3.44. The number of nitrogens with two attached hydrogens (primary N) is 1. The van der Waals surface area contributed by atoms with E-state index in [9.17, 15) is 4.39 Å². The molecular weight excluding hydrogens is 259 g/mol. The van der Waals surface area contributed by atoms with Gasteiger partial charge in [0.25, 0.3) is 0 Å². The van der Waals surface area contributed by atoms with Gasteiger partial charge in [-0.3, -0.25) is 0 Å². The smallest absolute Gasteiger partial charge is 0.163 e. The number of halogens is 1. The van der Waals surface area contributed by atoms with Gasteiger partial charge in [-0.1, -0.05) is 0 Å². The highest BCUT2D eigenvalue weighted by atomic mass is 19.1. The van der Waals surface area contributed by atoms with E-state index in [-0.39, 0.29) is 5.82 Å². The molecule has 0 aliphatic rings. The highest BCUT2D eigenvalue weighted by molar-refractivity contribution is 5.98. The van der Waals surface area contributed by atoms with Crippen molar-refractivity contribution in [1.29, 1.82) is 0 Å². The maximum Gasteiger partial charge on any atom is 0.163 e. The Morgan fingerprint density at radius 1 is 1.30 bits per heavy atom. The first-order chi connectivity index (χ1) is 9.61. The molecule has 3 rings (SSSR count). The lowest BCUT2D eigenvalue weighted by Gasteiger charge is -2.05. The Labute approximate surface area is 114 Å². The number of hydrogen-bond donors (Lipinski definition) is 2. The number of anilines is 2. The van der Waals surface area contributed by atoms with Gasteiger partial charge in [-0.25, -0.2) is 19.0 Å². The standard InChI is InChI=1S/C13H13FN6/c1-16-9-5-7(3-4-8(9)14)11-10-12(15)17-6-18-13(10)20(2)19-11/h3-6,16H,1-2H3,(H2,15,17,18). The van der Waals surface area contributed by atoms with E-state index in [1.165, 1.54) is 12.4 Å². The van der Waals surface area contributed by atoms with E-state index >= 15 is 0 Å². The molecule has 1 aromatic carbocycles. The number of aromatic nitrogens is 4. The lowest BCUT2D eigenvalue weighted by atomic mass is 10.1. The Hall–Kier alpha value is -2.70. The number of nitrogens with zero attached hydrogens (tertiary/aromatic N) is 4. The van der Waals surface area contributed by atoms with Crippen LogP contribution in [0.25, 0.3) is 22.3 Å². The topological polar surface area (TPSA) is 81.7 Å². The zero-order valence-corrected chi connectivity index (χ0v) is 11.1. The average molecular weight is 272 g/mol. The first kappa shape index (κ1) is 12.3. The summed E-state index contributed by atoms with van der Waals surface area (Å²) in [5, 5.41) is 7.88. The van der Waals surface area contributed by atoms with E-state index in [0.29, 0.717) is 28.2 Å². The summed E-state index contributed by atoms with van der Waals surface area (Å²) in [6.07, 6.45) is 1.40. The predicted molar refractivity (Wildman–Crippen MR) is 75.7 cm³/mol. The van der Waals surface area contributed by atoms with Gasteiger partial charge in [-0.2, -0.15) is 5.10 Å². The molecule has 0 bridgehead atoms. The first-order valence-corrected chi connectivity index (χ1v) is 6.02. The summed E-state index contributed by atoms with van der Waals surface area (Å²) in [6, 6.07) is 4.73. The highest BCUT2D eigenvalue weighted by Crippen LogP contribution is 2.31. The van der Waals surface area contributed by atoms with Crippen LogP contribution in [0.15, 0.2) is 24.5 Å². The first-order valence-electron chi connectivity index (χ1n) is 6.02. The van der Waals surface area contributed by atoms with Crippen LogP contribution in [0.3, 0.4) is 0 Å². The second-order valence-electron chi connectivity index (χ2n) is 4.37. The molecule has 2 heterocycles. The van der Waals surface area contributed by atoms with Gasteiger partial charge in [0.1, 0.15) is 23.7 Å². The quantitative estimate of drug-likeness (QED) is 0.743. The van der Waals surface area contributed by atoms with Crippen LogP contribution in [0.1, 0.15) is 0 Å². The average Bonchev–Trinajstić information content (AvgIpc) is 2.78. The van der Waals surface area contributed by atoms with Crippen molar-refractivity contribution in [3.63, 3.8) is 0 Å². The van der Waals surface area contributed by atoms with Crippen molar-refractivity contribution in [3.05, 3.63) is 30.3 Å². The monoisotopic (exact) mass is 272 g/mol. The van der Waals surface area contributed by atoms with E-state index in [0.717, 1.165) is 5.56 Å². The molecule has 0 saturated heterocycles. The van der Waals surface area contributed by atoms with E-state index in [1.807, 2.05) is 0 Å². The lowest BCUT2D eigenvalue weighted by Crippen LogP contribution is -1.95. The summed E-state index contributed by atoms with van der Waals surface area (Å²) in [6.45, 7) is 0. The number of nitrogens with one attached hydrogen (secondary N) is 1. The fourth-order valence-electron chi connectivity index (χ4n) is 2.18. The Morgan fingerprint density at radius 2 is 2.10 bits per heavy atom. The minimum absolute atomic E-state index is 0.319. The molecule has 0 aliphatic carbocycles. The molecule has 0 radical (unpaired) electrons.